The fourth-order valence-electron chi connectivity index (χ4n) is 6.38. The minimum atomic E-state index is -0.438. The van der Waals surface area contributed by atoms with Crippen LogP contribution in [0.25, 0.3) is 0 Å². The standard InChI is InChI=1S/C22H31NO2S/c24-19(14-25-20-5-1-3-18-4-2-6-26-21(18)20)13-23-22-10-15-7-16(11-22)9-17(8-15)12-22/h1,3,5,15-17,19,23-24H,2,4,6-14H2. The summed E-state index contributed by atoms with van der Waals surface area (Å²) >= 11 is 1.90. The van der Waals surface area contributed by atoms with Gasteiger partial charge in [0, 0.05) is 12.1 Å². The first-order valence-corrected chi connectivity index (χ1v) is 11.5. The minimum Gasteiger partial charge on any atom is -0.490 e. The van der Waals surface area contributed by atoms with Gasteiger partial charge in [0.05, 0.1) is 4.90 Å². The van der Waals surface area contributed by atoms with Crippen LogP contribution in [-0.4, -0.2) is 35.7 Å². The Morgan fingerprint density at radius 3 is 2.62 bits per heavy atom. The third kappa shape index (κ3) is 3.41. The fourth-order valence-corrected chi connectivity index (χ4v) is 7.50. The molecule has 0 radical (unpaired) electrons. The van der Waals surface area contributed by atoms with E-state index < -0.39 is 6.10 Å². The van der Waals surface area contributed by atoms with Crippen molar-refractivity contribution in [1.82, 2.24) is 5.32 Å². The molecule has 2 N–H and O–H groups in total. The van der Waals surface area contributed by atoms with Gasteiger partial charge in [0.15, 0.2) is 0 Å². The molecule has 0 aromatic heterocycles. The second-order valence-corrected chi connectivity index (χ2v) is 10.3. The molecule has 26 heavy (non-hydrogen) atoms. The molecular weight excluding hydrogens is 342 g/mol. The van der Waals surface area contributed by atoms with E-state index in [4.69, 9.17) is 4.74 Å². The van der Waals surface area contributed by atoms with Crippen LogP contribution in [0.3, 0.4) is 0 Å². The van der Waals surface area contributed by atoms with E-state index in [2.05, 4.69) is 23.5 Å². The van der Waals surface area contributed by atoms with Gasteiger partial charge in [0.2, 0.25) is 0 Å². The molecule has 1 aromatic carbocycles. The zero-order valence-corrected chi connectivity index (χ0v) is 16.4. The Bertz CT molecular complexity index is 626. The molecule has 0 spiro atoms. The molecule has 142 valence electrons. The monoisotopic (exact) mass is 373 g/mol. The van der Waals surface area contributed by atoms with Crippen molar-refractivity contribution in [2.24, 2.45) is 17.8 Å². The maximum atomic E-state index is 10.5. The molecule has 1 unspecified atom stereocenters. The second kappa shape index (κ2) is 7.03. The predicted molar refractivity (Wildman–Crippen MR) is 106 cm³/mol. The van der Waals surface area contributed by atoms with Crippen molar-refractivity contribution < 1.29 is 9.84 Å². The maximum Gasteiger partial charge on any atom is 0.133 e. The van der Waals surface area contributed by atoms with Crippen molar-refractivity contribution in [3.8, 4) is 5.75 Å². The summed E-state index contributed by atoms with van der Waals surface area (Å²) in [5.41, 5.74) is 1.72. The molecule has 0 saturated heterocycles. The van der Waals surface area contributed by atoms with Gasteiger partial charge in [-0.05, 0) is 86.5 Å². The normalized spacial score (nSPS) is 36.0. The Balaban J connectivity index is 1.16. The van der Waals surface area contributed by atoms with Crippen molar-refractivity contribution in [3.05, 3.63) is 23.8 Å². The number of aliphatic hydroxyl groups excluding tert-OH is 1. The highest BCUT2D eigenvalue weighted by atomic mass is 32.2. The van der Waals surface area contributed by atoms with E-state index in [-0.39, 0.29) is 0 Å². The molecule has 4 bridgehead atoms. The quantitative estimate of drug-likeness (QED) is 0.790. The minimum absolute atomic E-state index is 0.317. The number of nitrogens with one attached hydrogen (secondary N) is 1. The predicted octanol–water partition coefficient (Wildman–Crippen LogP) is 4.02. The van der Waals surface area contributed by atoms with Crippen molar-refractivity contribution >= 4 is 11.8 Å². The molecule has 1 aliphatic heterocycles. The molecular formula is C22H31NO2S. The van der Waals surface area contributed by atoms with Crippen LogP contribution in [0.4, 0.5) is 0 Å². The van der Waals surface area contributed by atoms with E-state index >= 15 is 0 Å². The Morgan fingerprint density at radius 2 is 1.88 bits per heavy atom. The Labute approximate surface area is 161 Å². The van der Waals surface area contributed by atoms with Gasteiger partial charge in [-0.3, -0.25) is 0 Å². The van der Waals surface area contributed by atoms with Crippen LogP contribution in [0.5, 0.6) is 5.75 Å². The Kier molecular flexibility index (Phi) is 4.70. The van der Waals surface area contributed by atoms with E-state index in [1.807, 2.05) is 11.8 Å². The molecule has 4 heteroatoms. The van der Waals surface area contributed by atoms with Gasteiger partial charge < -0.3 is 15.2 Å². The number of thioether (sulfide) groups is 1. The zero-order valence-electron chi connectivity index (χ0n) is 15.6. The first-order valence-electron chi connectivity index (χ1n) is 10.5. The van der Waals surface area contributed by atoms with Crippen LogP contribution < -0.4 is 10.1 Å². The fraction of sp³-hybridized carbons (Fsp3) is 0.727. The Morgan fingerprint density at radius 1 is 1.15 bits per heavy atom. The lowest BCUT2D eigenvalue weighted by Gasteiger charge is -2.57. The smallest absolute Gasteiger partial charge is 0.133 e. The van der Waals surface area contributed by atoms with Crippen molar-refractivity contribution in [2.75, 3.05) is 18.9 Å². The summed E-state index contributed by atoms with van der Waals surface area (Å²) in [7, 11) is 0. The van der Waals surface area contributed by atoms with Crippen LogP contribution in [-0.2, 0) is 6.42 Å². The van der Waals surface area contributed by atoms with Crippen LogP contribution in [0.1, 0.15) is 50.5 Å². The van der Waals surface area contributed by atoms with Crippen LogP contribution in [0.15, 0.2) is 23.1 Å². The number of aliphatic hydroxyl groups is 1. The third-order valence-electron chi connectivity index (χ3n) is 7.08. The summed E-state index contributed by atoms with van der Waals surface area (Å²) in [6.45, 7) is 1.05. The van der Waals surface area contributed by atoms with E-state index in [0.29, 0.717) is 18.7 Å². The zero-order chi connectivity index (χ0) is 17.6. The maximum absolute atomic E-state index is 10.5. The van der Waals surface area contributed by atoms with Gasteiger partial charge in [-0.15, -0.1) is 11.8 Å². The third-order valence-corrected chi connectivity index (χ3v) is 8.32. The van der Waals surface area contributed by atoms with Gasteiger partial charge in [-0.2, -0.15) is 0 Å². The SMILES string of the molecule is OC(CNC12CC3CC(CC(C3)C1)C2)COc1cccc2c1SCCC2. The first kappa shape index (κ1) is 17.4. The number of hydrogen-bond donors (Lipinski definition) is 2. The summed E-state index contributed by atoms with van der Waals surface area (Å²) in [4.78, 5) is 1.29. The Hall–Kier alpha value is -0.710. The van der Waals surface area contributed by atoms with Crippen molar-refractivity contribution in [2.45, 2.75) is 67.9 Å². The van der Waals surface area contributed by atoms with Gasteiger partial charge in [0.25, 0.3) is 0 Å². The topological polar surface area (TPSA) is 41.5 Å². The summed E-state index contributed by atoms with van der Waals surface area (Å²) in [5.74, 6) is 4.95. The largest absolute Gasteiger partial charge is 0.490 e. The summed E-state index contributed by atoms with van der Waals surface area (Å²) in [6, 6.07) is 6.34. The number of hydrogen-bond acceptors (Lipinski definition) is 4. The molecule has 5 aliphatic rings. The molecule has 1 atom stereocenters. The number of aryl methyl sites for hydroxylation is 1. The first-order chi connectivity index (χ1) is 12.7. The summed E-state index contributed by atoms with van der Waals surface area (Å²) in [6.07, 6.45) is 10.3. The van der Waals surface area contributed by atoms with Gasteiger partial charge in [-0.25, -0.2) is 0 Å². The molecule has 0 amide bonds. The van der Waals surface area contributed by atoms with Gasteiger partial charge in [0.1, 0.15) is 18.5 Å². The average molecular weight is 374 g/mol. The number of ether oxygens (including phenoxy) is 1. The molecule has 1 aromatic rings. The highest BCUT2D eigenvalue weighted by Crippen LogP contribution is 2.55. The lowest BCUT2D eigenvalue weighted by atomic mass is 9.53. The molecule has 1 heterocycles. The van der Waals surface area contributed by atoms with Crippen molar-refractivity contribution in [3.63, 3.8) is 0 Å². The lowest BCUT2D eigenvalue weighted by molar-refractivity contribution is -0.0267. The summed E-state index contributed by atoms with van der Waals surface area (Å²) in [5, 5.41) is 14.3. The van der Waals surface area contributed by atoms with Gasteiger partial charge >= 0.3 is 0 Å². The highest BCUT2D eigenvalue weighted by molar-refractivity contribution is 7.99. The number of benzene rings is 1. The van der Waals surface area contributed by atoms with Crippen LogP contribution >= 0.6 is 11.8 Å². The molecule has 6 rings (SSSR count). The van der Waals surface area contributed by atoms with Crippen LogP contribution in [0, 0.1) is 17.8 Å². The number of fused-ring (bicyclic) bond motifs is 1. The number of β-amino-alcohol motifs (C(OH)–C–C–N with tert-alkyl or cyclic N) is 1. The number of rotatable bonds is 6. The van der Waals surface area contributed by atoms with E-state index in [1.165, 1.54) is 61.2 Å². The van der Waals surface area contributed by atoms with Gasteiger partial charge in [-0.1, -0.05) is 12.1 Å². The lowest BCUT2D eigenvalue weighted by Crippen LogP contribution is -2.59. The van der Waals surface area contributed by atoms with Crippen molar-refractivity contribution in [1.29, 1.82) is 0 Å². The molecule has 3 nitrogen and oxygen atoms in total. The molecule has 4 aliphatic carbocycles. The average Bonchev–Trinajstić information content (AvgIpc) is 2.64. The second-order valence-electron chi connectivity index (χ2n) is 9.24. The van der Waals surface area contributed by atoms with E-state index in [1.54, 1.807) is 0 Å². The van der Waals surface area contributed by atoms with E-state index in [0.717, 1.165) is 29.9 Å². The summed E-state index contributed by atoms with van der Waals surface area (Å²) < 4.78 is 6.03. The molecule has 4 saturated carbocycles. The molecule has 4 fully saturated rings. The van der Waals surface area contributed by atoms with E-state index in [9.17, 15) is 5.11 Å². The highest BCUT2D eigenvalue weighted by Gasteiger charge is 2.50. The van der Waals surface area contributed by atoms with Crippen LogP contribution in [0.2, 0.25) is 0 Å².